The average molecular weight is 469 g/mol. The van der Waals surface area contributed by atoms with Crippen molar-refractivity contribution in [3.8, 4) is 0 Å². The normalized spacial score (nSPS) is 15.9. The molecule has 3 heterocycles. The van der Waals surface area contributed by atoms with Gasteiger partial charge in [-0.15, -0.1) is 11.3 Å². The van der Waals surface area contributed by atoms with Crippen LogP contribution in [0.3, 0.4) is 0 Å². The van der Waals surface area contributed by atoms with Gasteiger partial charge in [-0.25, -0.2) is 4.98 Å². The first kappa shape index (κ1) is 23.4. The van der Waals surface area contributed by atoms with Crippen LogP contribution in [0.15, 0.2) is 35.7 Å². The van der Waals surface area contributed by atoms with Gasteiger partial charge in [0, 0.05) is 36.1 Å². The Bertz CT molecular complexity index is 1080. The zero-order valence-corrected chi connectivity index (χ0v) is 20.1. The molecule has 2 amide bonds. The number of benzene rings is 1. The predicted octanol–water partition coefficient (Wildman–Crippen LogP) is 4.07. The van der Waals surface area contributed by atoms with E-state index in [1.807, 2.05) is 18.2 Å². The summed E-state index contributed by atoms with van der Waals surface area (Å²) in [4.78, 5) is 31.0. The standard InChI is InChI=1S/C25H32N4O3S/c1-3-18(4-2)29-22-10-9-17(13-21(22)28-23(29)14-20-8-6-12-33-20)25(31)27-16-24(30)26-15-19-7-5-11-32-19/h6,8-10,12-13,18-19H,3-5,7,11,14-16H2,1-2H3,(H,26,30)(H,27,31). The number of nitrogens with one attached hydrogen (secondary N) is 2. The lowest BCUT2D eigenvalue weighted by Crippen LogP contribution is -2.39. The Balaban J connectivity index is 1.47. The van der Waals surface area contributed by atoms with Crippen molar-refractivity contribution in [1.29, 1.82) is 0 Å². The minimum atomic E-state index is -0.277. The van der Waals surface area contributed by atoms with Crippen LogP contribution in [-0.2, 0) is 16.0 Å². The maximum atomic E-state index is 12.7. The molecule has 0 saturated carbocycles. The number of rotatable bonds is 10. The Hall–Kier alpha value is -2.71. The fourth-order valence-corrected chi connectivity index (χ4v) is 5.10. The Kier molecular flexibility index (Phi) is 7.77. The van der Waals surface area contributed by atoms with Gasteiger partial charge in [0.2, 0.25) is 5.91 Å². The number of carbonyl (C=O) groups is 2. The monoisotopic (exact) mass is 468 g/mol. The summed E-state index contributed by atoms with van der Waals surface area (Å²) < 4.78 is 7.83. The van der Waals surface area contributed by atoms with Crippen LogP contribution in [0.2, 0.25) is 0 Å². The van der Waals surface area contributed by atoms with Crippen molar-refractivity contribution >= 4 is 34.2 Å². The van der Waals surface area contributed by atoms with Gasteiger partial charge in [0.1, 0.15) is 5.82 Å². The van der Waals surface area contributed by atoms with E-state index < -0.39 is 0 Å². The third-order valence-corrected chi connectivity index (χ3v) is 7.08. The summed E-state index contributed by atoms with van der Waals surface area (Å²) in [5, 5.41) is 7.62. The second-order valence-electron chi connectivity index (χ2n) is 8.45. The van der Waals surface area contributed by atoms with Crippen LogP contribution in [0, 0.1) is 0 Å². The lowest BCUT2D eigenvalue weighted by atomic mass is 10.1. The zero-order valence-electron chi connectivity index (χ0n) is 19.3. The highest BCUT2D eigenvalue weighted by Gasteiger charge is 2.20. The van der Waals surface area contributed by atoms with Gasteiger partial charge in [-0.1, -0.05) is 19.9 Å². The van der Waals surface area contributed by atoms with Crippen molar-refractivity contribution in [2.75, 3.05) is 19.7 Å². The fourth-order valence-electron chi connectivity index (χ4n) is 4.40. The zero-order chi connectivity index (χ0) is 23.2. The Labute approximate surface area is 198 Å². The molecule has 1 saturated heterocycles. The summed E-state index contributed by atoms with van der Waals surface area (Å²) >= 11 is 1.73. The molecular weight excluding hydrogens is 436 g/mol. The van der Waals surface area contributed by atoms with E-state index in [1.54, 1.807) is 11.3 Å². The molecule has 1 fully saturated rings. The van der Waals surface area contributed by atoms with Crippen LogP contribution in [0.5, 0.6) is 0 Å². The SMILES string of the molecule is CCC(CC)n1c(Cc2cccs2)nc2cc(C(=O)NCC(=O)NCC3CCCO3)ccc21. The third kappa shape index (κ3) is 5.62. The van der Waals surface area contributed by atoms with Crippen molar-refractivity contribution in [1.82, 2.24) is 20.2 Å². The highest BCUT2D eigenvalue weighted by molar-refractivity contribution is 7.09. The fraction of sp³-hybridized carbons (Fsp3) is 0.480. The molecule has 0 aliphatic carbocycles. The molecule has 0 spiro atoms. The molecule has 7 nitrogen and oxygen atoms in total. The maximum absolute atomic E-state index is 12.7. The Morgan fingerprint density at radius 1 is 1.24 bits per heavy atom. The summed E-state index contributed by atoms with van der Waals surface area (Å²) in [6, 6.07) is 10.2. The van der Waals surface area contributed by atoms with Gasteiger partial charge in [0.15, 0.2) is 0 Å². The Morgan fingerprint density at radius 3 is 2.79 bits per heavy atom. The van der Waals surface area contributed by atoms with Crippen molar-refractivity contribution in [3.63, 3.8) is 0 Å². The molecule has 0 radical (unpaired) electrons. The molecule has 3 aromatic rings. The molecule has 1 unspecified atom stereocenters. The number of hydrogen-bond donors (Lipinski definition) is 2. The van der Waals surface area contributed by atoms with E-state index in [4.69, 9.17) is 9.72 Å². The Morgan fingerprint density at radius 2 is 2.09 bits per heavy atom. The molecule has 2 N–H and O–H groups in total. The quantitative estimate of drug-likeness (QED) is 0.470. The number of ether oxygens (including phenoxy) is 1. The van der Waals surface area contributed by atoms with Gasteiger partial charge in [-0.05, 0) is 55.3 Å². The minimum absolute atomic E-state index is 0.0601. The summed E-state index contributed by atoms with van der Waals surface area (Å²) in [6.07, 6.45) is 4.88. The average Bonchev–Trinajstić information content (AvgIpc) is 3.59. The summed E-state index contributed by atoms with van der Waals surface area (Å²) in [5.74, 6) is 0.532. The third-order valence-electron chi connectivity index (χ3n) is 6.21. The van der Waals surface area contributed by atoms with Crippen LogP contribution in [0.1, 0.15) is 66.6 Å². The summed E-state index contributed by atoms with van der Waals surface area (Å²) in [5.41, 5.74) is 2.36. The second kappa shape index (κ2) is 10.9. The van der Waals surface area contributed by atoms with Crippen molar-refractivity contribution in [2.45, 2.75) is 58.1 Å². The number of amides is 2. The molecule has 2 aromatic heterocycles. The van der Waals surface area contributed by atoms with Gasteiger partial charge in [-0.2, -0.15) is 0 Å². The highest BCUT2D eigenvalue weighted by Crippen LogP contribution is 2.28. The topological polar surface area (TPSA) is 85.2 Å². The van der Waals surface area contributed by atoms with Gasteiger partial charge in [0.05, 0.1) is 23.7 Å². The molecule has 0 bridgehead atoms. The first-order valence-electron chi connectivity index (χ1n) is 11.8. The molecule has 176 valence electrons. The lowest BCUT2D eigenvalue weighted by molar-refractivity contribution is -0.120. The van der Waals surface area contributed by atoms with Crippen LogP contribution < -0.4 is 10.6 Å². The highest BCUT2D eigenvalue weighted by atomic mass is 32.1. The number of hydrogen-bond acceptors (Lipinski definition) is 5. The largest absolute Gasteiger partial charge is 0.376 e. The van der Waals surface area contributed by atoms with Gasteiger partial charge in [0.25, 0.3) is 5.91 Å². The predicted molar refractivity (Wildman–Crippen MR) is 131 cm³/mol. The molecule has 4 rings (SSSR count). The lowest BCUT2D eigenvalue weighted by Gasteiger charge is -2.19. The number of aromatic nitrogens is 2. The van der Waals surface area contributed by atoms with Crippen LogP contribution in [0.25, 0.3) is 11.0 Å². The van der Waals surface area contributed by atoms with Crippen LogP contribution in [-0.4, -0.2) is 47.2 Å². The van der Waals surface area contributed by atoms with E-state index in [0.717, 1.165) is 55.6 Å². The van der Waals surface area contributed by atoms with E-state index in [1.165, 1.54) is 4.88 Å². The van der Waals surface area contributed by atoms with Crippen LogP contribution in [0.4, 0.5) is 0 Å². The molecule has 8 heteroatoms. The summed E-state index contributed by atoms with van der Waals surface area (Å²) in [7, 11) is 0. The molecule has 1 atom stereocenters. The number of carbonyl (C=O) groups excluding carboxylic acids is 2. The smallest absolute Gasteiger partial charge is 0.251 e. The first-order chi connectivity index (χ1) is 16.1. The van der Waals surface area contributed by atoms with Gasteiger partial charge >= 0.3 is 0 Å². The molecule has 1 aliphatic heterocycles. The molecule has 1 aliphatic rings. The van der Waals surface area contributed by atoms with Gasteiger partial charge < -0.3 is 19.9 Å². The number of imidazole rings is 1. The van der Waals surface area contributed by atoms with Crippen molar-refractivity contribution in [2.24, 2.45) is 0 Å². The number of thiophene rings is 1. The first-order valence-corrected chi connectivity index (χ1v) is 12.7. The van der Waals surface area contributed by atoms with E-state index in [9.17, 15) is 9.59 Å². The molecule has 33 heavy (non-hydrogen) atoms. The van der Waals surface area contributed by atoms with E-state index >= 15 is 0 Å². The summed E-state index contributed by atoms with van der Waals surface area (Å²) in [6.45, 7) is 5.57. The van der Waals surface area contributed by atoms with E-state index in [2.05, 4.69) is 46.6 Å². The second-order valence-corrected chi connectivity index (χ2v) is 9.48. The number of nitrogens with zero attached hydrogens (tertiary/aromatic N) is 2. The van der Waals surface area contributed by atoms with Crippen molar-refractivity contribution in [3.05, 3.63) is 52.0 Å². The van der Waals surface area contributed by atoms with Gasteiger partial charge in [-0.3, -0.25) is 9.59 Å². The molecule has 1 aromatic carbocycles. The number of fused-ring (bicyclic) bond motifs is 1. The minimum Gasteiger partial charge on any atom is -0.376 e. The molecular formula is C25H32N4O3S. The van der Waals surface area contributed by atoms with E-state index in [0.29, 0.717) is 18.2 Å². The van der Waals surface area contributed by atoms with Crippen LogP contribution >= 0.6 is 11.3 Å². The maximum Gasteiger partial charge on any atom is 0.251 e. The van der Waals surface area contributed by atoms with Crippen molar-refractivity contribution < 1.29 is 14.3 Å². The van der Waals surface area contributed by atoms with E-state index in [-0.39, 0.29) is 24.5 Å².